The number of rotatable bonds is 11. The fraction of sp³-hybridized carbons (Fsp3) is 0.419. The number of carbonyl (C=O) groups excluding carboxylic acids is 2. The van der Waals surface area contributed by atoms with Gasteiger partial charge in [-0.15, -0.1) is 0 Å². The maximum atomic E-state index is 13.7. The summed E-state index contributed by atoms with van der Waals surface area (Å²) in [6.45, 7) is 2.36. The van der Waals surface area contributed by atoms with Crippen molar-refractivity contribution in [3.63, 3.8) is 0 Å². The fourth-order valence-corrected chi connectivity index (χ4v) is 7.72. The van der Waals surface area contributed by atoms with E-state index in [1.807, 2.05) is 55.5 Å². The molecule has 1 N–H and O–H groups in total. The Morgan fingerprint density at radius 1 is 1.07 bits per heavy atom. The van der Waals surface area contributed by atoms with Crippen molar-refractivity contribution in [2.45, 2.75) is 75.4 Å². The number of sulfonamides is 1. The number of ether oxygens (including phenoxy) is 1. The van der Waals surface area contributed by atoms with E-state index in [0.29, 0.717) is 29.2 Å². The minimum Gasteiger partial charge on any atom is -0.497 e. The number of nitrogens with zero attached hydrogens (tertiary/aromatic N) is 2. The van der Waals surface area contributed by atoms with Crippen LogP contribution in [0.4, 0.5) is 5.69 Å². The third-order valence-electron chi connectivity index (χ3n) is 8.01. The van der Waals surface area contributed by atoms with E-state index in [2.05, 4.69) is 5.32 Å². The number of amides is 2. The Hall–Kier alpha value is -3.59. The lowest BCUT2D eigenvalue weighted by molar-refractivity contribution is -0.141. The average Bonchev–Trinajstić information content (AvgIpc) is 3.54. The zero-order chi connectivity index (χ0) is 28.3. The summed E-state index contributed by atoms with van der Waals surface area (Å²) in [6, 6.07) is 17.9. The van der Waals surface area contributed by atoms with Crippen LogP contribution in [0.2, 0.25) is 0 Å². The van der Waals surface area contributed by atoms with Crippen molar-refractivity contribution in [1.29, 1.82) is 0 Å². The highest BCUT2D eigenvalue weighted by atomic mass is 32.2. The highest BCUT2D eigenvalue weighted by molar-refractivity contribution is 7.93. The van der Waals surface area contributed by atoms with Gasteiger partial charge in [0, 0.05) is 30.9 Å². The molecule has 0 bridgehead atoms. The molecule has 40 heavy (non-hydrogen) atoms. The maximum Gasteiger partial charge on any atom is 0.265 e. The zero-order valence-electron chi connectivity index (χ0n) is 23.1. The summed E-state index contributed by atoms with van der Waals surface area (Å²) in [5.74, 6) is 0.375. The molecule has 1 heterocycles. The van der Waals surface area contributed by atoms with Gasteiger partial charge in [-0.2, -0.15) is 0 Å². The second-order valence-electron chi connectivity index (χ2n) is 10.6. The van der Waals surface area contributed by atoms with Crippen LogP contribution >= 0.6 is 0 Å². The highest BCUT2D eigenvalue weighted by Crippen LogP contribution is 2.42. The van der Waals surface area contributed by atoms with E-state index in [4.69, 9.17) is 4.74 Å². The Morgan fingerprint density at radius 2 is 1.80 bits per heavy atom. The van der Waals surface area contributed by atoms with E-state index in [0.717, 1.165) is 42.0 Å². The van der Waals surface area contributed by atoms with Gasteiger partial charge >= 0.3 is 0 Å². The predicted molar refractivity (Wildman–Crippen MR) is 156 cm³/mol. The van der Waals surface area contributed by atoms with Crippen LogP contribution < -0.4 is 14.4 Å². The van der Waals surface area contributed by atoms with Crippen molar-refractivity contribution >= 4 is 38.3 Å². The van der Waals surface area contributed by atoms with Crippen LogP contribution in [0.15, 0.2) is 65.6 Å². The van der Waals surface area contributed by atoms with Crippen molar-refractivity contribution in [2.24, 2.45) is 0 Å². The molecule has 2 aliphatic rings. The predicted octanol–water partition coefficient (Wildman–Crippen LogP) is 5.00. The first-order chi connectivity index (χ1) is 19.3. The highest BCUT2D eigenvalue weighted by Gasteiger charge is 2.36. The van der Waals surface area contributed by atoms with Gasteiger partial charge in [-0.05, 0) is 60.9 Å². The molecule has 0 saturated heterocycles. The van der Waals surface area contributed by atoms with Gasteiger partial charge in [0.05, 0.1) is 17.7 Å². The van der Waals surface area contributed by atoms with Crippen molar-refractivity contribution < 1.29 is 22.7 Å². The number of hydrogen-bond donors (Lipinski definition) is 1. The third-order valence-corrected chi connectivity index (χ3v) is 9.86. The molecule has 5 rings (SSSR count). The minimum absolute atomic E-state index is 0.121. The topological polar surface area (TPSA) is 96.0 Å². The minimum atomic E-state index is -3.69. The van der Waals surface area contributed by atoms with Crippen LogP contribution in [-0.4, -0.2) is 50.9 Å². The first kappa shape index (κ1) is 28.0. The molecule has 3 aromatic carbocycles. The van der Waals surface area contributed by atoms with E-state index < -0.39 is 16.1 Å². The van der Waals surface area contributed by atoms with Gasteiger partial charge < -0.3 is 15.0 Å². The molecule has 8 nitrogen and oxygen atoms in total. The SMILES string of the molecule is CC[C@H](C(=O)NC1CCCC1)N(Cc1cccc(OC)c1)C(=O)CCCN1c2cccc3cccc(c23)S1(=O)=O. The molecule has 2 amide bonds. The van der Waals surface area contributed by atoms with Crippen LogP contribution in [0.5, 0.6) is 5.75 Å². The summed E-state index contributed by atoms with van der Waals surface area (Å²) < 4.78 is 33.5. The van der Waals surface area contributed by atoms with Crippen molar-refractivity contribution in [3.05, 3.63) is 66.2 Å². The lowest BCUT2D eigenvalue weighted by Crippen LogP contribution is -2.51. The van der Waals surface area contributed by atoms with E-state index in [9.17, 15) is 18.0 Å². The Balaban J connectivity index is 1.33. The number of nitrogens with one attached hydrogen (secondary N) is 1. The van der Waals surface area contributed by atoms with Crippen molar-refractivity contribution in [1.82, 2.24) is 10.2 Å². The molecule has 0 unspecified atom stereocenters. The fourth-order valence-electron chi connectivity index (χ4n) is 5.97. The van der Waals surface area contributed by atoms with Crippen molar-refractivity contribution in [3.8, 4) is 5.75 Å². The lowest BCUT2D eigenvalue weighted by Gasteiger charge is -2.32. The van der Waals surface area contributed by atoms with Gasteiger partial charge in [0.2, 0.25) is 11.8 Å². The van der Waals surface area contributed by atoms with Crippen LogP contribution in [0.3, 0.4) is 0 Å². The Bertz CT molecular complexity index is 1490. The lowest BCUT2D eigenvalue weighted by atomic mass is 10.1. The summed E-state index contributed by atoms with van der Waals surface area (Å²) >= 11 is 0. The summed E-state index contributed by atoms with van der Waals surface area (Å²) in [4.78, 5) is 29.1. The molecule has 1 atom stereocenters. The molecule has 3 aromatic rings. The monoisotopic (exact) mass is 563 g/mol. The quantitative estimate of drug-likeness (QED) is 0.354. The van der Waals surface area contributed by atoms with Gasteiger partial charge in [-0.3, -0.25) is 13.9 Å². The van der Waals surface area contributed by atoms with Crippen molar-refractivity contribution in [2.75, 3.05) is 18.0 Å². The molecule has 0 radical (unpaired) electrons. The number of methoxy groups -OCH3 is 1. The molecule has 0 aromatic heterocycles. The molecule has 1 saturated carbocycles. The largest absolute Gasteiger partial charge is 0.497 e. The Labute approximate surface area is 236 Å². The van der Waals surface area contributed by atoms with Crippen LogP contribution in [0.1, 0.15) is 57.4 Å². The van der Waals surface area contributed by atoms with E-state index in [-0.39, 0.29) is 37.4 Å². The first-order valence-electron chi connectivity index (χ1n) is 14.1. The molecule has 0 spiro atoms. The standard InChI is InChI=1S/C31H37N3O5S/c1-3-26(31(36)32-24-13-4-5-14-24)33(21-22-10-6-15-25(20-22)39-2)29(35)18-9-19-34-27-16-7-11-23-12-8-17-28(30(23)27)40(34,37)38/h6-8,10-12,15-17,20,24,26H,3-5,9,13-14,18-19,21H2,1-2H3,(H,32,36)/t26-/m1/s1. The molecular formula is C31H37N3O5S. The molecule has 1 aliphatic carbocycles. The maximum absolute atomic E-state index is 13.7. The van der Waals surface area contributed by atoms with E-state index >= 15 is 0 Å². The molecular weight excluding hydrogens is 526 g/mol. The summed E-state index contributed by atoms with van der Waals surface area (Å²) in [7, 11) is -2.10. The van der Waals surface area contributed by atoms with Crippen LogP contribution in [0, 0.1) is 0 Å². The Kier molecular flexibility index (Phi) is 8.30. The van der Waals surface area contributed by atoms with Gasteiger partial charge in [0.15, 0.2) is 0 Å². The first-order valence-corrected chi connectivity index (χ1v) is 15.5. The smallest absolute Gasteiger partial charge is 0.265 e. The van der Waals surface area contributed by atoms with Crippen LogP contribution in [-0.2, 0) is 26.2 Å². The van der Waals surface area contributed by atoms with E-state index in [1.165, 1.54) is 4.31 Å². The normalized spacial score (nSPS) is 16.7. The average molecular weight is 564 g/mol. The molecule has 9 heteroatoms. The zero-order valence-corrected chi connectivity index (χ0v) is 24.0. The van der Waals surface area contributed by atoms with Gasteiger partial charge in [0.25, 0.3) is 10.0 Å². The molecule has 212 valence electrons. The second-order valence-corrected chi connectivity index (χ2v) is 12.4. The van der Waals surface area contributed by atoms with Crippen LogP contribution in [0.25, 0.3) is 10.8 Å². The third kappa shape index (κ3) is 5.52. The Morgan fingerprint density at radius 3 is 2.52 bits per heavy atom. The van der Waals surface area contributed by atoms with Gasteiger partial charge in [0.1, 0.15) is 11.8 Å². The molecule has 1 fully saturated rings. The summed E-state index contributed by atoms with van der Waals surface area (Å²) in [5.41, 5.74) is 1.51. The van der Waals surface area contributed by atoms with Gasteiger partial charge in [-0.25, -0.2) is 8.42 Å². The number of anilines is 1. The summed E-state index contributed by atoms with van der Waals surface area (Å²) in [5, 5.41) is 4.76. The number of benzene rings is 3. The summed E-state index contributed by atoms with van der Waals surface area (Å²) in [6.07, 6.45) is 5.06. The number of hydrogen-bond acceptors (Lipinski definition) is 5. The second kappa shape index (κ2) is 11.9. The van der Waals surface area contributed by atoms with Gasteiger partial charge in [-0.1, -0.05) is 56.2 Å². The number of carbonyl (C=O) groups is 2. The van der Waals surface area contributed by atoms with E-state index in [1.54, 1.807) is 24.1 Å². The molecule has 1 aliphatic heterocycles.